The summed E-state index contributed by atoms with van der Waals surface area (Å²) in [6, 6.07) is 7.17. The maximum absolute atomic E-state index is 11.8. The zero-order valence-electron chi connectivity index (χ0n) is 12.4. The number of nitrogens with zero attached hydrogens (tertiary/aromatic N) is 1. The van der Waals surface area contributed by atoms with Gasteiger partial charge in [0, 0.05) is 17.6 Å². The highest BCUT2D eigenvalue weighted by atomic mass is 32.1. The van der Waals surface area contributed by atoms with Crippen LogP contribution in [0.5, 0.6) is 0 Å². The fraction of sp³-hybridized carbons (Fsp3) is 0.267. The third-order valence-corrected chi connectivity index (χ3v) is 3.71. The van der Waals surface area contributed by atoms with Crippen LogP contribution in [-0.4, -0.2) is 24.1 Å². The summed E-state index contributed by atoms with van der Waals surface area (Å²) in [6.07, 6.45) is -0.230. The van der Waals surface area contributed by atoms with Crippen molar-refractivity contribution in [2.75, 3.05) is 12.4 Å². The molecule has 0 bridgehead atoms. The van der Waals surface area contributed by atoms with Crippen molar-refractivity contribution in [1.29, 1.82) is 0 Å². The molecule has 0 saturated carbocycles. The first-order chi connectivity index (χ1) is 10.6. The van der Waals surface area contributed by atoms with Gasteiger partial charge in [-0.1, -0.05) is 12.1 Å². The van der Waals surface area contributed by atoms with Crippen LogP contribution in [0.4, 0.5) is 10.5 Å². The number of methoxy groups -OCH3 is 1. The Morgan fingerprint density at radius 1 is 1.27 bits per heavy atom. The van der Waals surface area contributed by atoms with Gasteiger partial charge in [-0.25, -0.2) is 9.78 Å². The Morgan fingerprint density at radius 3 is 2.59 bits per heavy atom. The summed E-state index contributed by atoms with van der Waals surface area (Å²) in [5.41, 5.74) is 2.37. The van der Waals surface area contributed by atoms with Gasteiger partial charge < -0.3 is 10.1 Å². The Morgan fingerprint density at radius 2 is 2.00 bits per heavy atom. The molecule has 116 valence electrons. The van der Waals surface area contributed by atoms with Gasteiger partial charge in [0.15, 0.2) is 0 Å². The Balaban J connectivity index is 1.81. The highest BCUT2D eigenvalue weighted by Crippen LogP contribution is 2.10. The van der Waals surface area contributed by atoms with E-state index >= 15 is 0 Å². The molecule has 1 heterocycles. The van der Waals surface area contributed by atoms with Gasteiger partial charge in [0.1, 0.15) is 0 Å². The summed E-state index contributed by atoms with van der Waals surface area (Å²) in [5.74, 6) is -0.0675. The number of aromatic nitrogens is 1. The Kier molecular flexibility index (Phi) is 5.48. The molecule has 0 atom stereocenters. The van der Waals surface area contributed by atoms with E-state index in [1.54, 1.807) is 12.1 Å². The van der Waals surface area contributed by atoms with E-state index in [4.69, 9.17) is 0 Å². The van der Waals surface area contributed by atoms with E-state index in [2.05, 4.69) is 20.4 Å². The van der Waals surface area contributed by atoms with E-state index in [0.717, 1.165) is 16.3 Å². The molecule has 2 N–H and O–H groups in total. The molecule has 22 heavy (non-hydrogen) atoms. The van der Waals surface area contributed by atoms with Gasteiger partial charge in [0.2, 0.25) is 5.91 Å². The molecule has 0 aliphatic heterocycles. The molecule has 2 aromatic rings. The Labute approximate surface area is 132 Å². The van der Waals surface area contributed by atoms with Crippen LogP contribution in [0.1, 0.15) is 16.3 Å². The number of rotatable bonds is 5. The van der Waals surface area contributed by atoms with Crippen molar-refractivity contribution in [1.82, 2.24) is 10.3 Å². The summed E-state index contributed by atoms with van der Waals surface area (Å²) in [7, 11) is 1.31. The normalized spacial score (nSPS) is 10.1. The van der Waals surface area contributed by atoms with Gasteiger partial charge in [-0.3, -0.25) is 10.1 Å². The number of aryl methyl sites for hydroxylation is 1. The fourth-order valence-corrected chi connectivity index (χ4v) is 2.40. The second-order valence-corrected chi connectivity index (χ2v) is 5.69. The molecule has 0 saturated heterocycles. The number of hydrogen-bond donors (Lipinski definition) is 2. The number of amides is 2. The van der Waals surface area contributed by atoms with Crippen LogP contribution in [0.3, 0.4) is 0 Å². The molecule has 0 unspecified atom stereocenters. The summed E-state index contributed by atoms with van der Waals surface area (Å²) >= 11 is 1.53. The molecule has 0 aliphatic rings. The first kappa shape index (κ1) is 16.0. The number of nitrogens with one attached hydrogen (secondary N) is 2. The molecule has 1 aromatic carbocycles. The number of anilines is 1. The molecule has 2 rings (SSSR count). The van der Waals surface area contributed by atoms with E-state index in [1.807, 2.05) is 24.4 Å². The van der Waals surface area contributed by atoms with Gasteiger partial charge in [0.05, 0.1) is 24.2 Å². The van der Waals surface area contributed by atoms with Gasteiger partial charge in [-0.15, -0.1) is 11.3 Å². The first-order valence-electron chi connectivity index (χ1n) is 6.68. The maximum atomic E-state index is 11.8. The number of carbonyl (C=O) groups is 2. The van der Waals surface area contributed by atoms with E-state index in [9.17, 15) is 9.59 Å². The molecule has 7 heteroatoms. The topological polar surface area (TPSA) is 80.3 Å². The van der Waals surface area contributed by atoms with Crippen LogP contribution in [0, 0.1) is 6.92 Å². The second kappa shape index (κ2) is 7.56. The SMILES string of the molecule is COC(=O)Nc1ccc(CNC(=O)Cc2csc(C)n2)cc1. The minimum absolute atomic E-state index is 0.0675. The van der Waals surface area contributed by atoms with Crippen molar-refractivity contribution in [3.05, 3.63) is 45.9 Å². The Hall–Kier alpha value is -2.41. The van der Waals surface area contributed by atoms with Crippen molar-refractivity contribution in [2.45, 2.75) is 19.9 Å². The van der Waals surface area contributed by atoms with Crippen LogP contribution in [-0.2, 0) is 22.5 Å². The average Bonchev–Trinajstić information content (AvgIpc) is 2.91. The average molecular weight is 319 g/mol. The first-order valence-corrected chi connectivity index (χ1v) is 7.56. The predicted molar refractivity (Wildman–Crippen MR) is 84.9 cm³/mol. The highest BCUT2D eigenvalue weighted by molar-refractivity contribution is 7.09. The monoisotopic (exact) mass is 319 g/mol. The largest absolute Gasteiger partial charge is 0.453 e. The van der Waals surface area contributed by atoms with Gasteiger partial charge in [-0.2, -0.15) is 0 Å². The molecule has 0 radical (unpaired) electrons. The van der Waals surface area contributed by atoms with Crippen molar-refractivity contribution >= 4 is 29.0 Å². The van der Waals surface area contributed by atoms with Gasteiger partial charge >= 0.3 is 6.09 Å². The molecule has 0 spiro atoms. The maximum Gasteiger partial charge on any atom is 0.411 e. The third-order valence-electron chi connectivity index (χ3n) is 2.88. The summed E-state index contributed by atoms with van der Waals surface area (Å²) in [5, 5.41) is 8.25. The zero-order chi connectivity index (χ0) is 15.9. The summed E-state index contributed by atoms with van der Waals surface area (Å²) in [4.78, 5) is 27.1. The van der Waals surface area contributed by atoms with Crippen LogP contribution in [0.2, 0.25) is 0 Å². The van der Waals surface area contributed by atoms with Crippen molar-refractivity contribution in [3.8, 4) is 0 Å². The third kappa shape index (κ3) is 4.85. The van der Waals surface area contributed by atoms with E-state index in [-0.39, 0.29) is 12.3 Å². The number of carbonyl (C=O) groups excluding carboxylic acids is 2. The Bertz CT molecular complexity index is 652. The molecular weight excluding hydrogens is 302 g/mol. The molecular formula is C15H17N3O3S. The minimum Gasteiger partial charge on any atom is -0.453 e. The zero-order valence-corrected chi connectivity index (χ0v) is 13.2. The molecule has 6 nitrogen and oxygen atoms in total. The van der Waals surface area contributed by atoms with Gasteiger partial charge in [0.25, 0.3) is 0 Å². The highest BCUT2D eigenvalue weighted by Gasteiger charge is 2.06. The van der Waals surface area contributed by atoms with Crippen LogP contribution in [0.15, 0.2) is 29.6 Å². The van der Waals surface area contributed by atoms with E-state index < -0.39 is 6.09 Å². The second-order valence-electron chi connectivity index (χ2n) is 4.62. The standard InChI is InChI=1S/C15H17N3O3S/c1-10-17-13(9-22-10)7-14(19)16-8-11-3-5-12(6-4-11)18-15(20)21-2/h3-6,9H,7-8H2,1-2H3,(H,16,19)(H,18,20). The molecule has 0 aliphatic carbocycles. The molecule has 2 amide bonds. The number of ether oxygens (including phenoxy) is 1. The lowest BCUT2D eigenvalue weighted by molar-refractivity contribution is -0.120. The number of benzene rings is 1. The van der Waals surface area contributed by atoms with Gasteiger partial charge in [-0.05, 0) is 24.6 Å². The number of hydrogen-bond acceptors (Lipinski definition) is 5. The van der Waals surface area contributed by atoms with Crippen LogP contribution >= 0.6 is 11.3 Å². The lowest BCUT2D eigenvalue weighted by Gasteiger charge is -2.07. The fourth-order valence-electron chi connectivity index (χ4n) is 1.79. The summed E-state index contributed by atoms with van der Waals surface area (Å²) in [6.45, 7) is 2.34. The van der Waals surface area contributed by atoms with Crippen molar-refractivity contribution in [3.63, 3.8) is 0 Å². The summed E-state index contributed by atoms with van der Waals surface area (Å²) < 4.78 is 4.51. The quantitative estimate of drug-likeness (QED) is 0.887. The predicted octanol–water partition coefficient (Wildman–Crippen LogP) is 2.49. The van der Waals surface area contributed by atoms with E-state index in [1.165, 1.54) is 18.4 Å². The lowest BCUT2D eigenvalue weighted by Crippen LogP contribution is -2.24. The van der Waals surface area contributed by atoms with E-state index in [0.29, 0.717) is 12.2 Å². The number of thiazole rings is 1. The van der Waals surface area contributed by atoms with Crippen molar-refractivity contribution < 1.29 is 14.3 Å². The van der Waals surface area contributed by atoms with Crippen LogP contribution in [0.25, 0.3) is 0 Å². The molecule has 0 fully saturated rings. The smallest absolute Gasteiger partial charge is 0.411 e. The van der Waals surface area contributed by atoms with Crippen LogP contribution < -0.4 is 10.6 Å². The molecule has 1 aromatic heterocycles. The minimum atomic E-state index is -0.514. The lowest BCUT2D eigenvalue weighted by atomic mass is 10.2. The van der Waals surface area contributed by atoms with Crippen molar-refractivity contribution in [2.24, 2.45) is 0 Å².